The highest BCUT2D eigenvalue weighted by atomic mass is 35.5. The van der Waals surface area contributed by atoms with Crippen LogP contribution in [0.15, 0.2) is 45.8 Å². The van der Waals surface area contributed by atoms with Crippen molar-refractivity contribution >= 4 is 11.6 Å². The fourth-order valence-corrected chi connectivity index (χ4v) is 1.32. The summed E-state index contributed by atoms with van der Waals surface area (Å²) >= 11 is 5.73. The van der Waals surface area contributed by atoms with Crippen molar-refractivity contribution in [2.75, 3.05) is 0 Å². The van der Waals surface area contributed by atoms with E-state index in [1.54, 1.807) is 31.2 Å². The lowest BCUT2D eigenvalue weighted by Crippen LogP contribution is -2.03. The molecule has 16 heavy (non-hydrogen) atoms. The maximum atomic E-state index is 11.5. The van der Waals surface area contributed by atoms with E-state index < -0.39 is 0 Å². The normalized spacial score (nSPS) is 10.1. The van der Waals surface area contributed by atoms with E-state index in [1.807, 2.05) is 0 Å². The fourth-order valence-electron chi connectivity index (χ4n) is 1.20. The number of hydrogen-bond donors (Lipinski definition) is 0. The highest BCUT2D eigenvalue weighted by molar-refractivity contribution is 6.30. The van der Waals surface area contributed by atoms with Crippen LogP contribution in [0.2, 0.25) is 5.02 Å². The molecule has 0 amide bonds. The van der Waals surface area contributed by atoms with Gasteiger partial charge in [-0.3, -0.25) is 4.79 Å². The summed E-state index contributed by atoms with van der Waals surface area (Å²) in [5.41, 5.74) is -0.210. The van der Waals surface area contributed by atoms with Crippen molar-refractivity contribution in [3.63, 3.8) is 0 Å². The Morgan fingerprint density at radius 2 is 1.94 bits per heavy atom. The summed E-state index contributed by atoms with van der Waals surface area (Å²) in [5.74, 6) is 1.25. The van der Waals surface area contributed by atoms with Gasteiger partial charge in [0.1, 0.15) is 17.8 Å². The molecule has 0 atom stereocenters. The Bertz CT molecular complexity index is 543. The van der Waals surface area contributed by atoms with Gasteiger partial charge in [0, 0.05) is 11.1 Å². The van der Waals surface area contributed by atoms with Gasteiger partial charge in [-0.1, -0.05) is 11.6 Å². The summed E-state index contributed by atoms with van der Waals surface area (Å²) in [6.07, 6.45) is 1.30. The molecular weight excluding hydrogens is 228 g/mol. The largest absolute Gasteiger partial charge is 0.465 e. The van der Waals surface area contributed by atoms with Crippen molar-refractivity contribution in [1.29, 1.82) is 0 Å². The van der Waals surface area contributed by atoms with Crippen LogP contribution in [0.1, 0.15) is 5.76 Å². The first kappa shape index (κ1) is 10.8. The lowest BCUT2D eigenvalue weighted by Gasteiger charge is -2.04. The van der Waals surface area contributed by atoms with Gasteiger partial charge in [-0.2, -0.15) is 0 Å². The first-order valence-electron chi connectivity index (χ1n) is 4.68. The number of ether oxygens (including phenoxy) is 1. The first-order valence-corrected chi connectivity index (χ1v) is 5.06. The molecule has 2 aromatic rings. The Morgan fingerprint density at radius 3 is 2.56 bits per heavy atom. The zero-order valence-corrected chi connectivity index (χ0v) is 9.32. The van der Waals surface area contributed by atoms with Crippen LogP contribution in [0.25, 0.3) is 0 Å². The van der Waals surface area contributed by atoms with E-state index in [2.05, 4.69) is 0 Å². The van der Waals surface area contributed by atoms with Crippen LogP contribution in [0.4, 0.5) is 0 Å². The summed E-state index contributed by atoms with van der Waals surface area (Å²) in [5, 5.41) is 0.614. The molecule has 2 rings (SSSR count). The highest BCUT2D eigenvalue weighted by Gasteiger charge is 2.03. The standard InChI is InChI=1S/C12H9ClO3/c1-8-6-11(14)12(7-15-8)16-10-4-2-9(13)3-5-10/h2-7H,1H3. The third-order valence-corrected chi connectivity index (χ3v) is 2.22. The molecule has 0 aliphatic heterocycles. The Morgan fingerprint density at radius 1 is 1.25 bits per heavy atom. The van der Waals surface area contributed by atoms with Gasteiger partial charge in [-0.05, 0) is 31.2 Å². The predicted molar refractivity (Wildman–Crippen MR) is 61.2 cm³/mol. The Kier molecular flexibility index (Phi) is 2.97. The minimum Gasteiger partial charge on any atom is -0.465 e. The van der Waals surface area contributed by atoms with Crippen LogP contribution in [0.3, 0.4) is 0 Å². The second-order valence-corrected chi connectivity index (χ2v) is 3.71. The van der Waals surface area contributed by atoms with Gasteiger partial charge in [0.15, 0.2) is 0 Å². The third-order valence-electron chi connectivity index (χ3n) is 1.97. The summed E-state index contributed by atoms with van der Waals surface area (Å²) in [7, 11) is 0. The third kappa shape index (κ3) is 2.44. The molecule has 4 heteroatoms. The van der Waals surface area contributed by atoms with Crippen molar-refractivity contribution in [1.82, 2.24) is 0 Å². The van der Waals surface area contributed by atoms with Gasteiger partial charge in [0.2, 0.25) is 11.2 Å². The molecule has 0 aliphatic rings. The SMILES string of the molecule is Cc1cc(=O)c(Oc2ccc(Cl)cc2)co1. The molecule has 0 fully saturated rings. The lowest BCUT2D eigenvalue weighted by molar-refractivity contribution is 0.429. The van der Waals surface area contributed by atoms with Crippen molar-refractivity contribution in [3.05, 3.63) is 57.6 Å². The molecule has 0 aliphatic carbocycles. The smallest absolute Gasteiger partial charge is 0.227 e. The van der Waals surface area contributed by atoms with Crippen LogP contribution >= 0.6 is 11.6 Å². The molecule has 1 aromatic heterocycles. The average molecular weight is 237 g/mol. The molecule has 0 spiro atoms. The predicted octanol–water partition coefficient (Wildman–Crippen LogP) is 3.39. The lowest BCUT2D eigenvalue weighted by atomic mass is 10.3. The molecule has 0 saturated heterocycles. The summed E-state index contributed by atoms with van der Waals surface area (Å²) < 4.78 is 10.4. The zero-order valence-electron chi connectivity index (χ0n) is 8.57. The van der Waals surface area contributed by atoms with E-state index in [9.17, 15) is 4.79 Å². The summed E-state index contributed by atoms with van der Waals surface area (Å²) in [6.45, 7) is 1.70. The second kappa shape index (κ2) is 4.41. The van der Waals surface area contributed by atoms with Gasteiger partial charge >= 0.3 is 0 Å². The van der Waals surface area contributed by atoms with E-state index in [1.165, 1.54) is 12.3 Å². The molecule has 0 radical (unpaired) electrons. The molecule has 82 valence electrons. The summed E-state index contributed by atoms with van der Waals surface area (Å²) in [6, 6.07) is 8.12. The van der Waals surface area contributed by atoms with Gasteiger partial charge in [-0.15, -0.1) is 0 Å². The number of aryl methyl sites for hydroxylation is 1. The van der Waals surface area contributed by atoms with Crippen molar-refractivity contribution < 1.29 is 9.15 Å². The molecule has 1 aromatic carbocycles. The molecule has 0 bridgehead atoms. The average Bonchev–Trinajstić information content (AvgIpc) is 2.25. The van der Waals surface area contributed by atoms with Crippen molar-refractivity contribution in [2.24, 2.45) is 0 Å². The Labute approximate surface area is 97.2 Å². The van der Waals surface area contributed by atoms with Crippen molar-refractivity contribution in [3.8, 4) is 11.5 Å². The number of benzene rings is 1. The van der Waals surface area contributed by atoms with Gasteiger partial charge in [0.25, 0.3) is 0 Å². The van der Waals surface area contributed by atoms with Gasteiger partial charge < -0.3 is 9.15 Å². The molecule has 0 N–H and O–H groups in total. The number of halogens is 1. The molecule has 0 unspecified atom stereocenters. The van der Waals surface area contributed by atoms with E-state index >= 15 is 0 Å². The van der Waals surface area contributed by atoms with E-state index in [4.69, 9.17) is 20.8 Å². The van der Waals surface area contributed by atoms with Crippen LogP contribution in [0, 0.1) is 6.92 Å². The summed E-state index contributed by atoms with van der Waals surface area (Å²) in [4.78, 5) is 11.5. The van der Waals surface area contributed by atoms with Gasteiger partial charge in [-0.25, -0.2) is 0 Å². The molecule has 3 nitrogen and oxygen atoms in total. The van der Waals surface area contributed by atoms with Crippen LogP contribution < -0.4 is 10.2 Å². The van der Waals surface area contributed by atoms with E-state index in [0.717, 1.165) is 0 Å². The second-order valence-electron chi connectivity index (χ2n) is 3.28. The maximum absolute atomic E-state index is 11.5. The monoisotopic (exact) mass is 236 g/mol. The first-order chi connectivity index (χ1) is 7.65. The van der Waals surface area contributed by atoms with Crippen molar-refractivity contribution in [2.45, 2.75) is 6.92 Å². The highest BCUT2D eigenvalue weighted by Crippen LogP contribution is 2.20. The van der Waals surface area contributed by atoms with Crippen LogP contribution in [0.5, 0.6) is 11.5 Å². The minimum absolute atomic E-state index is 0.160. The maximum Gasteiger partial charge on any atom is 0.227 e. The topological polar surface area (TPSA) is 39.4 Å². The Balaban J connectivity index is 2.27. The zero-order chi connectivity index (χ0) is 11.5. The van der Waals surface area contributed by atoms with Crippen LogP contribution in [-0.2, 0) is 0 Å². The molecule has 1 heterocycles. The Hall–Kier alpha value is -1.74. The van der Waals surface area contributed by atoms with Crippen LogP contribution in [-0.4, -0.2) is 0 Å². The number of hydrogen-bond acceptors (Lipinski definition) is 3. The number of rotatable bonds is 2. The van der Waals surface area contributed by atoms with Gasteiger partial charge in [0.05, 0.1) is 0 Å². The minimum atomic E-state index is -0.210. The van der Waals surface area contributed by atoms with E-state index in [0.29, 0.717) is 16.5 Å². The quantitative estimate of drug-likeness (QED) is 0.802. The molecular formula is C12H9ClO3. The fraction of sp³-hybridized carbons (Fsp3) is 0.0833. The van der Waals surface area contributed by atoms with E-state index in [-0.39, 0.29) is 11.2 Å². The molecule has 0 saturated carbocycles.